The van der Waals surface area contributed by atoms with Crippen LogP contribution in [0.4, 0.5) is 14.5 Å². The zero-order valence-corrected chi connectivity index (χ0v) is 17.6. The molecule has 1 aliphatic heterocycles. The van der Waals surface area contributed by atoms with Gasteiger partial charge in [0.25, 0.3) is 11.8 Å². The lowest BCUT2D eigenvalue weighted by Crippen LogP contribution is -2.49. The number of carbonyl (C=O) groups excluding carboxylic acids is 1. The number of para-hydroxylation sites is 1. The molecule has 0 saturated carbocycles. The van der Waals surface area contributed by atoms with Crippen molar-refractivity contribution in [1.82, 2.24) is 15.0 Å². The van der Waals surface area contributed by atoms with Crippen LogP contribution in [0.3, 0.4) is 0 Å². The van der Waals surface area contributed by atoms with E-state index in [0.717, 1.165) is 0 Å². The highest BCUT2D eigenvalue weighted by molar-refractivity contribution is 5.95. The topological polar surface area (TPSA) is 62.5 Å². The molecule has 1 saturated heterocycles. The zero-order valence-electron chi connectivity index (χ0n) is 17.6. The summed E-state index contributed by atoms with van der Waals surface area (Å²) in [7, 11) is 0. The Balaban J connectivity index is 1.29. The number of hydrogen-bond donors (Lipinski definition) is 0. The molecule has 33 heavy (non-hydrogen) atoms. The van der Waals surface area contributed by atoms with Crippen LogP contribution in [-0.2, 0) is 0 Å². The second-order valence-electron chi connectivity index (χ2n) is 7.74. The quantitative estimate of drug-likeness (QED) is 0.457. The maximum atomic E-state index is 14.1. The van der Waals surface area contributed by atoms with E-state index in [1.54, 1.807) is 59.5 Å². The van der Waals surface area contributed by atoms with Crippen molar-refractivity contribution in [1.29, 1.82) is 0 Å². The van der Waals surface area contributed by atoms with Gasteiger partial charge in [-0.3, -0.25) is 4.79 Å². The highest BCUT2D eigenvalue weighted by Gasteiger charge is 2.24. The molecular formula is C25H20F2N4O2. The molecule has 0 N–H and O–H groups in total. The summed E-state index contributed by atoms with van der Waals surface area (Å²) in [6.45, 7) is 2.09. The van der Waals surface area contributed by atoms with Gasteiger partial charge in [0.05, 0.1) is 5.69 Å². The molecule has 6 nitrogen and oxygen atoms in total. The van der Waals surface area contributed by atoms with Crippen molar-refractivity contribution < 1.29 is 18.1 Å². The first-order chi connectivity index (χ1) is 16.1. The third kappa shape index (κ3) is 4.32. The van der Waals surface area contributed by atoms with Crippen molar-refractivity contribution in [3.8, 4) is 22.8 Å². The summed E-state index contributed by atoms with van der Waals surface area (Å²) in [6, 6.07) is 19.5. The Morgan fingerprint density at radius 2 is 1.61 bits per heavy atom. The molecule has 1 aliphatic rings. The van der Waals surface area contributed by atoms with Crippen LogP contribution >= 0.6 is 0 Å². The number of benzene rings is 3. The van der Waals surface area contributed by atoms with E-state index in [1.807, 2.05) is 4.90 Å². The highest BCUT2D eigenvalue weighted by atomic mass is 19.1. The molecular weight excluding hydrogens is 426 g/mol. The van der Waals surface area contributed by atoms with Gasteiger partial charge in [0.2, 0.25) is 5.82 Å². The van der Waals surface area contributed by atoms with E-state index >= 15 is 0 Å². The molecule has 3 aromatic carbocycles. The van der Waals surface area contributed by atoms with Crippen molar-refractivity contribution in [2.75, 3.05) is 31.1 Å². The Morgan fingerprint density at radius 1 is 0.848 bits per heavy atom. The lowest BCUT2D eigenvalue weighted by atomic mass is 10.1. The number of carbonyl (C=O) groups is 1. The van der Waals surface area contributed by atoms with Gasteiger partial charge in [0.15, 0.2) is 0 Å². The van der Waals surface area contributed by atoms with Gasteiger partial charge >= 0.3 is 0 Å². The Labute approximate surface area is 189 Å². The average Bonchev–Trinajstić information content (AvgIpc) is 3.35. The van der Waals surface area contributed by atoms with E-state index in [4.69, 9.17) is 4.52 Å². The van der Waals surface area contributed by atoms with Gasteiger partial charge in [0, 0.05) is 42.9 Å². The number of anilines is 1. The predicted molar refractivity (Wildman–Crippen MR) is 120 cm³/mol. The van der Waals surface area contributed by atoms with Crippen molar-refractivity contribution in [3.05, 3.63) is 90.0 Å². The van der Waals surface area contributed by atoms with Gasteiger partial charge in [-0.15, -0.1) is 0 Å². The summed E-state index contributed by atoms with van der Waals surface area (Å²) in [5, 5.41) is 3.96. The molecule has 0 bridgehead atoms. The molecule has 1 aromatic heterocycles. The Hall–Kier alpha value is -4.07. The van der Waals surface area contributed by atoms with Crippen molar-refractivity contribution in [2.45, 2.75) is 0 Å². The SMILES string of the molecule is O=C(c1cccc(-c2nc(-c3ccc(F)cc3)no2)c1)N1CCN(c2ccccc2F)CC1. The Bertz CT molecular complexity index is 1280. The highest BCUT2D eigenvalue weighted by Crippen LogP contribution is 2.25. The molecule has 1 fully saturated rings. The molecule has 5 rings (SSSR count). The van der Waals surface area contributed by atoms with Crippen molar-refractivity contribution in [2.24, 2.45) is 0 Å². The van der Waals surface area contributed by atoms with Gasteiger partial charge < -0.3 is 14.3 Å². The fourth-order valence-corrected chi connectivity index (χ4v) is 3.88. The fourth-order valence-electron chi connectivity index (χ4n) is 3.88. The fraction of sp³-hybridized carbons (Fsp3) is 0.160. The first-order valence-corrected chi connectivity index (χ1v) is 10.6. The van der Waals surface area contributed by atoms with Gasteiger partial charge in [-0.05, 0) is 54.6 Å². The number of piperazine rings is 1. The number of hydrogen-bond acceptors (Lipinski definition) is 5. The molecule has 8 heteroatoms. The largest absolute Gasteiger partial charge is 0.366 e. The maximum Gasteiger partial charge on any atom is 0.258 e. The summed E-state index contributed by atoms with van der Waals surface area (Å²) < 4.78 is 32.6. The number of nitrogens with zero attached hydrogens (tertiary/aromatic N) is 4. The van der Waals surface area contributed by atoms with E-state index in [9.17, 15) is 13.6 Å². The standard InChI is InChI=1S/C25H20F2N4O2/c26-20-10-8-17(9-11-20)23-28-24(33-29-23)18-4-3-5-19(16-18)25(32)31-14-12-30(13-15-31)22-7-2-1-6-21(22)27/h1-11,16H,12-15H2. The van der Waals surface area contributed by atoms with Crippen LogP contribution < -0.4 is 4.90 Å². The maximum absolute atomic E-state index is 14.1. The summed E-state index contributed by atoms with van der Waals surface area (Å²) in [4.78, 5) is 21.2. The number of halogens is 2. The molecule has 2 heterocycles. The second-order valence-corrected chi connectivity index (χ2v) is 7.74. The van der Waals surface area contributed by atoms with E-state index in [0.29, 0.717) is 54.4 Å². The van der Waals surface area contributed by atoms with Crippen LogP contribution in [0.15, 0.2) is 77.3 Å². The second kappa shape index (κ2) is 8.82. The molecule has 0 radical (unpaired) electrons. The molecule has 0 aliphatic carbocycles. The van der Waals surface area contributed by atoms with Crippen LogP contribution in [0.1, 0.15) is 10.4 Å². The molecule has 1 amide bonds. The van der Waals surface area contributed by atoms with Crippen LogP contribution in [0.5, 0.6) is 0 Å². The minimum Gasteiger partial charge on any atom is -0.366 e. The first-order valence-electron chi connectivity index (χ1n) is 10.6. The summed E-state index contributed by atoms with van der Waals surface area (Å²) >= 11 is 0. The van der Waals surface area contributed by atoms with Gasteiger partial charge in [-0.2, -0.15) is 4.98 Å². The molecule has 0 unspecified atom stereocenters. The van der Waals surface area contributed by atoms with Crippen molar-refractivity contribution >= 4 is 11.6 Å². The van der Waals surface area contributed by atoms with Crippen LogP contribution in [0.2, 0.25) is 0 Å². The summed E-state index contributed by atoms with van der Waals surface area (Å²) in [5.74, 6) is -0.101. The molecule has 0 atom stereocenters. The third-order valence-electron chi connectivity index (χ3n) is 5.64. The van der Waals surface area contributed by atoms with E-state index in [1.165, 1.54) is 18.2 Å². The average molecular weight is 446 g/mol. The van der Waals surface area contributed by atoms with Gasteiger partial charge in [-0.1, -0.05) is 23.4 Å². The Kier molecular flexibility index (Phi) is 5.56. The monoisotopic (exact) mass is 446 g/mol. The number of aromatic nitrogens is 2. The Morgan fingerprint density at radius 3 is 2.36 bits per heavy atom. The first kappa shape index (κ1) is 20.8. The van der Waals surface area contributed by atoms with E-state index in [2.05, 4.69) is 10.1 Å². The summed E-state index contributed by atoms with van der Waals surface area (Å²) in [5.41, 5.74) is 2.31. The zero-order chi connectivity index (χ0) is 22.8. The van der Waals surface area contributed by atoms with Gasteiger partial charge in [-0.25, -0.2) is 8.78 Å². The lowest BCUT2D eigenvalue weighted by molar-refractivity contribution is 0.0746. The van der Waals surface area contributed by atoms with E-state index < -0.39 is 0 Å². The third-order valence-corrected chi connectivity index (χ3v) is 5.64. The normalized spacial score (nSPS) is 13.9. The van der Waals surface area contributed by atoms with Crippen LogP contribution in [0.25, 0.3) is 22.8 Å². The number of amides is 1. The smallest absolute Gasteiger partial charge is 0.258 e. The molecule has 166 valence electrons. The lowest BCUT2D eigenvalue weighted by Gasteiger charge is -2.36. The van der Waals surface area contributed by atoms with Gasteiger partial charge in [0.1, 0.15) is 11.6 Å². The molecule has 0 spiro atoms. The summed E-state index contributed by atoms with van der Waals surface area (Å²) in [6.07, 6.45) is 0. The molecule has 4 aromatic rings. The minimum absolute atomic E-state index is 0.108. The van der Waals surface area contributed by atoms with Crippen LogP contribution in [-0.4, -0.2) is 47.1 Å². The van der Waals surface area contributed by atoms with Crippen molar-refractivity contribution in [3.63, 3.8) is 0 Å². The number of rotatable bonds is 4. The van der Waals surface area contributed by atoms with Crippen LogP contribution in [0, 0.1) is 11.6 Å². The van der Waals surface area contributed by atoms with E-state index in [-0.39, 0.29) is 23.4 Å². The minimum atomic E-state index is -0.344. The predicted octanol–water partition coefficient (Wildman–Crippen LogP) is 4.64.